The van der Waals surface area contributed by atoms with Gasteiger partial charge in [-0.2, -0.15) is 0 Å². The number of amides is 1. The zero-order valence-corrected chi connectivity index (χ0v) is 8.84. The Balaban J connectivity index is 1.97. The molecule has 4 nitrogen and oxygen atoms in total. The van der Waals surface area contributed by atoms with Crippen molar-refractivity contribution in [2.45, 2.75) is 32.2 Å². The minimum Gasteiger partial charge on any atom is -0.382 e. The van der Waals surface area contributed by atoms with Crippen LogP contribution in [0.25, 0.3) is 0 Å². The van der Waals surface area contributed by atoms with E-state index in [2.05, 4.69) is 10.6 Å². The van der Waals surface area contributed by atoms with Gasteiger partial charge in [0.2, 0.25) is 5.91 Å². The summed E-state index contributed by atoms with van der Waals surface area (Å²) in [4.78, 5) is 11.5. The van der Waals surface area contributed by atoms with Crippen molar-refractivity contribution in [2.24, 2.45) is 0 Å². The molecule has 0 bridgehead atoms. The SMILES string of the molecule is CCOCCCNC(=O)[C@@H]1CCCN1. The molecule has 0 aromatic heterocycles. The number of carbonyl (C=O) groups is 1. The Kier molecular flexibility index (Phi) is 5.56. The lowest BCUT2D eigenvalue weighted by atomic mass is 10.2. The summed E-state index contributed by atoms with van der Waals surface area (Å²) < 4.78 is 5.17. The standard InChI is InChI=1S/C10H20N2O2/c1-2-14-8-4-7-12-10(13)9-5-3-6-11-9/h9,11H,2-8H2,1H3,(H,12,13)/t9-/m0/s1. The second kappa shape index (κ2) is 6.79. The van der Waals surface area contributed by atoms with Crippen LogP contribution in [0.2, 0.25) is 0 Å². The van der Waals surface area contributed by atoms with Crippen molar-refractivity contribution >= 4 is 5.91 Å². The first-order valence-electron chi connectivity index (χ1n) is 5.43. The second-order valence-electron chi connectivity index (χ2n) is 3.49. The molecule has 1 aliphatic heterocycles. The van der Waals surface area contributed by atoms with Crippen molar-refractivity contribution in [3.05, 3.63) is 0 Å². The van der Waals surface area contributed by atoms with Crippen LogP contribution >= 0.6 is 0 Å². The van der Waals surface area contributed by atoms with Crippen molar-refractivity contribution < 1.29 is 9.53 Å². The number of hydrogen-bond donors (Lipinski definition) is 2. The zero-order chi connectivity index (χ0) is 10.2. The summed E-state index contributed by atoms with van der Waals surface area (Å²) in [6.45, 7) is 5.14. The lowest BCUT2D eigenvalue weighted by molar-refractivity contribution is -0.122. The Morgan fingerprint density at radius 2 is 2.50 bits per heavy atom. The average Bonchev–Trinajstić information content (AvgIpc) is 2.70. The summed E-state index contributed by atoms with van der Waals surface area (Å²) in [5.41, 5.74) is 0. The van der Waals surface area contributed by atoms with Crippen molar-refractivity contribution in [3.63, 3.8) is 0 Å². The predicted molar refractivity (Wildman–Crippen MR) is 55.1 cm³/mol. The quantitative estimate of drug-likeness (QED) is 0.606. The highest BCUT2D eigenvalue weighted by Gasteiger charge is 2.20. The first-order valence-corrected chi connectivity index (χ1v) is 5.43. The summed E-state index contributed by atoms with van der Waals surface area (Å²) in [7, 11) is 0. The minimum absolute atomic E-state index is 0.0436. The molecule has 1 rings (SSSR count). The van der Waals surface area contributed by atoms with Crippen LogP contribution in [0.5, 0.6) is 0 Å². The Hall–Kier alpha value is -0.610. The van der Waals surface area contributed by atoms with E-state index >= 15 is 0 Å². The molecular weight excluding hydrogens is 180 g/mol. The van der Waals surface area contributed by atoms with E-state index in [0.29, 0.717) is 0 Å². The number of rotatable bonds is 6. The van der Waals surface area contributed by atoms with E-state index in [-0.39, 0.29) is 11.9 Å². The molecule has 0 aromatic carbocycles. The van der Waals surface area contributed by atoms with Crippen LogP contribution in [0.1, 0.15) is 26.2 Å². The molecule has 1 heterocycles. The van der Waals surface area contributed by atoms with E-state index in [1.54, 1.807) is 0 Å². The van der Waals surface area contributed by atoms with Gasteiger partial charge in [0.05, 0.1) is 6.04 Å². The molecule has 1 fully saturated rings. The molecule has 0 unspecified atom stereocenters. The Morgan fingerprint density at radius 3 is 3.14 bits per heavy atom. The molecule has 1 amide bonds. The van der Waals surface area contributed by atoms with E-state index < -0.39 is 0 Å². The van der Waals surface area contributed by atoms with Gasteiger partial charge in [-0.3, -0.25) is 4.79 Å². The third kappa shape index (κ3) is 4.07. The van der Waals surface area contributed by atoms with Gasteiger partial charge in [0.15, 0.2) is 0 Å². The van der Waals surface area contributed by atoms with Crippen molar-refractivity contribution in [3.8, 4) is 0 Å². The highest BCUT2D eigenvalue weighted by Crippen LogP contribution is 2.04. The summed E-state index contributed by atoms with van der Waals surface area (Å²) in [6.07, 6.45) is 2.97. The van der Waals surface area contributed by atoms with Gasteiger partial charge < -0.3 is 15.4 Å². The molecule has 0 aliphatic carbocycles. The van der Waals surface area contributed by atoms with Gasteiger partial charge in [-0.1, -0.05) is 0 Å². The van der Waals surface area contributed by atoms with Crippen LogP contribution in [-0.4, -0.2) is 38.3 Å². The molecular formula is C10H20N2O2. The second-order valence-corrected chi connectivity index (χ2v) is 3.49. The topological polar surface area (TPSA) is 50.4 Å². The molecule has 1 atom stereocenters. The first kappa shape index (κ1) is 11.5. The zero-order valence-electron chi connectivity index (χ0n) is 8.84. The fourth-order valence-corrected chi connectivity index (χ4v) is 1.56. The monoisotopic (exact) mass is 200 g/mol. The minimum atomic E-state index is 0.0436. The fourth-order valence-electron chi connectivity index (χ4n) is 1.56. The van der Waals surface area contributed by atoms with Gasteiger partial charge in [-0.05, 0) is 32.7 Å². The van der Waals surface area contributed by atoms with E-state index in [1.807, 2.05) is 6.92 Å². The molecule has 0 radical (unpaired) electrons. The predicted octanol–water partition coefficient (Wildman–Crippen LogP) is 0.281. The Bertz CT molecular complexity index is 168. The largest absolute Gasteiger partial charge is 0.382 e. The van der Waals surface area contributed by atoms with E-state index in [0.717, 1.165) is 45.6 Å². The number of nitrogens with one attached hydrogen (secondary N) is 2. The van der Waals surface area contributed by atoms with Crippen molar-refractivity contribution in [1.82, 2.24) is 10.6 Å². The van der Waals surface area contributed by atoms with Crippen LogP contribution < -0.4 is 10.6 Å². The van der Waals surface area contributed by atoms with Gasteiger partial charge in [-0.25, -0.2) is 0 Å². The first-order chi connectivity index (χ1) is 6.84. The van der Waals surface area contributed by atoms with Crippen LogP contribution in [0, 0.1) is 0 Å². The summed E-state index contributed by atoms with van der Waals surface area (Å²) in [5.74, 6) is 0.138. The lowest BCUT2D eigenvalue weighted by Crippen LogP contribution is -2.40. The maximum atomic E-state index is 11.5. The van der Waals surface area contributed by atoms with Gasteiger partial charge in [-0.15, -0.1) is 0 Å². The van der Waals surface area contributed by atoms with Gasteiger partial charge in [0, 0.05) is 19.8 Å². The Labute approximate surface area is 85.4 Å². The smallest absolute Gasteiger partial charge is 0.237 e. The van der Waals surface area contributed by atoms with Crippen LogP contribution in [0.3, 0.4) is 0 Å². The van der Waals surface area contributed by atoms with Gasteiger partial charge >= 0.3 is 0 Å². The summed E-state index contributed by atoms with van der Waals surface area (Å²) >= 11 is 0. The van der Waals surface area contributed by atoms with Gasteiger partial charge in [0.25, 0.3) is 0 Å². The molecule has 2 N–H and O–H groups in total. The number of carbonyl (C=O) groups excluding carboxylic acids is 1. The van der Waals surface area contributed by atoms with E-state index in [1.165, 1.54) is 0 Å². The van der Waals surface area contributed by atoms with Crippen molar-refractivity contribution in [2.75, 3.05) is 26.3 Å². The van der Waals surface area contributed by atoms with Crippen LogP contribution in [0.15, 0.2) is 0 Å². The summed E-state index contributed by atoms with van der Waals surface area (Å²) in [5, 5.41) is 6.07. The number of hydrogen-bond acceptors (Lipinski definition) is 3. The third-order valence-corrected chi connectivity index (χ3v) is 2.35. The highest BCUT2D eigenvalue weighted by molar-refractivity contribution is 5.81. The molecule has 0 aromatic rings. The normalized spacial score (nSPS) is 21.1. The van der Waals surface area contributed by atoms with E-state index in [9.17, 15) is 4.79 Å². The average molecular weight is 200 g/mol. The maximum absolute atomic E-state index is 11.5. The van der Waals surface area contributed by atoms with E-state index in [4.69, 9.17) is 4.74 Å². The fraction of sp³-hybridized carbons (Fsp3) is 0.900. The maximum Gasteiger partial charge on any atom is 0.237 e. The molecule has 14 heavy (non-hydrogen) atoms. The molecule has 1 saturated heterocycles. The molecule has 82 valence electrons. The van der Waals surface area contributed by atoms with Gasteiger partial charge in [0.1, 0.15) is 0 Å². The molecule has 0 spiro atoms. The summed E-state index contributed by atoms with van der Waals surface area (Å²) in [6, 6.07) is 0.0436. The van der Waals surface area contributed by atoms with Crippen LogP contribution in [0.4, 0.5) is 0 Å². The molecule has 1 aliphatic rings. The number of ether oxygens (including phenoxy) is 1. The van der Waals surface area contributed by atoms with Crippen LogP contribution in [-0.2, 0) is 9.53 Å². The molecule has 0 saturated carbocycles. The molecule has 4 heteroatoms. The Morgan fingerprint density at radius 1 is 1.64 bits per heavy atom. The third-order valence-electron chi connectivity index (χ3n) is 2.35. The highest BCUT2D eigenvalue weighted by atomic mass is 16.5. The lowest BCUT2D eigenvalue weighted by Gasteiger charge is -2.10. The van der Waals surface area contributed by atoms with Crippen molar-refractivity contribution in [1.29, 1.82) is 0 Å².